The smallest absolute Gasteiger partial charge is 0.0402 e. The van der Waals surface area contributed by atoms with Gasteiger partial charge in [0.2, 0.25) is 0 Å². The van der Waals surface area contributed by atoms with Gasteiger partial charge in [0, 0.05) is 24.8 Å². The van der Waals surface area contributed by atoms with Crippen LogP contribution in [0.2, 0.25) is 0 Å². The van der Waals surface area contributed by atoms with Crippen LogP contribution in [0.4, 0.5) is 5.69 Å². The zero-order chi connectivity index (χ0) is 11.7. The summed E-state index contributed by atoms with van der Waals surface area (Å²) < 4.78 is 0. The third-order valence-electron chi connectivity index (χ3n) is 3.58. The summed E-state index contributed by atoms with van der Waals surface area (Å²) >= 11 is 0. The number of fused-ring (bicyclic) bond motifs is 1. The van der Waals surface area contributed by atoms with E-state index in [2.05, 4.69) is 37.8 Å². The van der Waals surface area contributed by atoms with E-state index in [4.69, 9.17) is 5.73 Å². The molecular weight excluding hydrogens is 196 g/mol. The summed E-state index contributed by atoms with van der Waals surface area (Å²) in [6.07, 6.45) is 2.19. The minimum Gasteiger partial charge on any atom is -0.371 e. The van der Waals surface area contributed by atoms with Crippen molar-refractivity contribution < 1.29 is 0 Å². The Morgan fingerprint density at radius 1 is 1.44 bits per heavy atom. The molecule has 0 saturated carbocycles. The fourth-order valence-corrected chi connectivity index (χ4v) is 2.67. The molecular formula is C14H22N2. The molecule has 16 heavy (non-hydrogen) atoms. The van der Waals surface area contributed by atoms with E-state index in [9.17, 15) is 0 Å². The van der Waals surface area contributed by atoms with Crippen molar-refractivity contribution in [3.63, 3.8) is 0 Å². The van der Waals surface area contributed by atoms with Crippen LogP contribution in [0.1, 0.15) is 30.5 Å². The Morgan fingerprint density at radius 2 is 2.19 bits per heavy atom. The van der Waals surface area contributed by atoms with Gasteiger partial charge in [-0.15, -0.1) is 0 Å². The summed E-state index contributed by atoms with van der Waals surface area (Å²) in [4.78, 5) is 2.46. The van der Waals surface area contributed by atoms with Crippen molar-refractivity contribution in [3.8, 4) is 0 Å². The van der Waals surface area contributed by atoms with Crippen LogP contribution in [0.25, 0.3) is 0 Å². The van der Waals surface area contributed by atoms with Crippen molar-refractivity contribution >= 4 is 5.69 Å². The molecule has 0 saturated heterocycles. The van der Waals surface area contributed by atoms with E-state index in [-0.39, 0.29) is 6.04 Å². The molecule has 0 spiro atoms. The highest BCUT2D eigenvalue weighted by atomic mass is 15.1. The summed E-state index contributed by atoms with van der Waals surface area (Å²) in [6.45, 7) is 8.83. The molecule has 0 unspecified atom stereocenters. The van der Waals surface area contributed by atoms with Crippen LogP contribution in [0, 0.1) is 6.92 Å². The normalized spacial score (nSPS) is 16.4. The molecule has 1 atom stereocenters. The fraction of sp³-hybridized carbons (Fsp3) is 0.571. The van der Waals surface area contributed by atoms with Gasteiger partial charge < -0.3 is 10.6 Å². The van der Waals surface area contributed by atoms with Gasteiger partial charge in [0.05, 0.1) is 0 Å². The Hall–Kier alpha value is -1.02. The summed E-state index contributed by atoms with van der Waals surface area (Å²) in [6, 6.07) is 4.78. The van der Waals surface area contributed by atoms with Gasteiger partial charge in [-0.2, -0.15) is 0 Å². The molecule has 0 bridgehead atoms. The van der Waals surface area contributed by atoms with Gasteiger partial charge in [-0.25, -0.2) is 0 Å². The highest BCUT2D eigenvalue weighted by Crippen LogP contribution is 2.32. The van der Waals surface area contributed by atoms with Gasteiger partial charge in [-0.05, 0) is 56.4 Å². The van der Waals surface area contributed by atoms with Crippen LogP contribution >= 0.6 is 0 Å². The SMILES string of the molecule is CCN1CCc2c1ccc(C[C@@H](C)N)c2C. The first-order chi connectivity index (χ1) is 7.63. The van der Waals surface area contributed by atoms with Crippen LogP contribution < -0.4 is 10.6 Å². The first-order valence-corrected chi connectivity index (χ1v) is 6.25. The largest absolute Gasteiger partial charge is 0.371 e. The highest BCUT2D eigenvalue weighted by molar-refractivity contribution is 5.62. The van der Waals surface area contributed by atoms with Gasteiger partial charge in [0.25, 0.3) is 0 Å². The zero-order valence-electron chi connectivity index (χ0n) is 10.6. The van der Waals surface area contributed by atoms with Crippen LogP contribution in [0.3, 0.4) is 0 Å². The maximum Gasteiger partial charge on any atom is 0.0402 e. The Kier molecular flexibility index (Phi) is 3.20. The molecule has 1 aromatic carbocycles. The second-order valence-corrected chi connectivity index (χ2v) is 4.86. The van der Waals surface area contributed by atoms with Crippen LogP contribution in [-0.4, -0.2) is 19.1 Å². The fourth-order valence-electron chi connectivity index (χ4n) is 2.67. The third kappa shape index (κ3) is 1.94. The molecule has 0 radical (unpaired) electrons. The Balaban J connectivity index is 2.34. The van der Waals surface area contributed by atoms with E-state index in [1.807, 2.05) is 0 Å². The van der Waals surface area contributed by atoms with Crippen molar-refractivity contribution in [2.75, 3.05) is 18.0 Å². The average Bonchev–Trinajstić information content (AvgIpc) is 2.65. The number of anilines is 1. The number of hydrogen-bond acceptors (Lipinski definition) is 2. The molecule has 2 N–H and O–H groups in total. The molecule has 0 aliphatic carbocycles. The van der Waals surface area contributed by atoms with Crippen LogP contribution in [0.5, 0.6) is 0 Å². The molecule has 2 nitrogen and oxygen atoms in total. The van der Waals surface area contributed by atoms with E-state index in [1.54, 1.807) is 5.56 Å². The number of hydrogen-bond donors (Lipinski definition) is 1. The highest BCUT2D eigenvalue weighted by Gasteiger charge is 2.20. The first-order valence-electron chi connectivity index (χ1n) is 6.25. The first kappa shape index (κ1) is 11.5. The van der Waals surface area contributed by atoms with E-state index in [0.29, 0.717) is 0 Å². The lowest BCUT2D eigenvalue weighted by Gasteiger charge is -2.18. The van der Waals surface area contributed by atoms with E-state index in [0.717, 1.165) is 13.0 Å². The number of rotatable bonds is 3. The van der Waals surface area contributed by atoms with Crippen LogP contribution in [0.15, 0.2) is 12.1 Å². The number of likely N-dealkylation sites (N-methyl/N-ethyl adjacent to an activating group) is 1. The summed E-state index contributed by atoms with van der Waals surface area (Å²) in [5.41, 5.74) is 11.7. The topological polar surface area (TPSA) is 29.3 Å². The van der Waals surface area contributed by atoms with Crippen molar-refractivity contribution in [3.05, 3.63) is 28.8 Å². The lowest BCUT2D eigenvalue weighted by molar-refractivity contribution is 0.734. The third-order valence-corrected chi connectivity index (χ3v) is 3.58. The predicted octanol–water partition coefficient (Wildman–Crippen LogP) is 2.27. The second-order valence-electron chi connectivity index (χ2n) is 4.86. The second kappa shape index (κ2) is 4.46. The van der Waals surface area contributed by atoms with Gasteiger partial charge in [-0.1, -0.05) is 6.07 Å². The van der Waals surface area contributed by atoms with Crippen molar-refractivity contribution in [2.45, 2.75) is 39.7 Å². The van der Waals surface area contributed by atoms with E-state index < -0.39 is 0 Å². The van der Waals surface area contributed by atoms with Crippen molar-refractivity contribution in [2.24, 2.45) is 5.73 Å². The monoisotopic (exact) mass is 218 g/mol. The summed E-state index contributed by atoms with van der Waals surface area (Å²) in [7, 11) is 0. The van der Waals surface area contributed by atoms with Gasteiger partial charge in [-0.3, -0.25) is 0 Å². The van der Waals surface area contributed by atoms with E-state index >= 15 is 0 Å². The Labute approximate surface area is 98.4 Å². The Bertz CT molecular complexity index is 383. The molecule has 1 heterocycles. The Morgan fingerprint density at radius 3 is 2.81 bits per heavy atom. The van der Waals surface area contributed by atoms with Gasteiger partial charge in [0.1, 0.15) is 0 Å². The van der Waals surface area contributed by atoms with Crippen LogP contribution in [-0.2, 0) is 12.8 Å². The van der Waals surface area contributed by atoms with Crippen molar-refractivity contribution in [1.82, 2.24) is 0 Å². The van der Waals surface area contributed by atoms with Gasteiger partial charge in [0.15, 0.2) is 0 Å². The molecule has 88 valence electrons. The average molecular weight is 218 g/mol. The molecule has 2 rings (SSSR count). The molecule has 0 amide bonds. The number of nitrogens with zero attached hydrogens (tertiary/aromatic N) is 1. The molecule has 2 heteroatoms. The van der Waals surface area contributed by atoms with Crippen molar-refractivity contribution in [1.29, 1.82) is 0 Å². The molecule has 1 aliphatic rings. The quantitative estimate of drug-likeness (QED) is 0.843. The van der Waals surface area contributed by atoms with Gasteiger partial charge >= 0.3 is 0 Å². The maximum absolute atomic E-state index is 5.88. The van der Waals surface area contributed by atoms with E-state index in [1.165, 1.54) is 29.8 Å². The number of benzene rings is 1. The standard InChI is InChI=1S/C14H22N2/c1-4-16-8-7-13-11(3)12(9-10(2)15)5-6-14(13)16/h5-6,10H,4,7-9,15H2,1-3H3/t10-/m1/s1. The molecule has 0 fully saturated rings. The minimum absolute atomic E-state index is 0.250. The summed E-state index contributed by atoms with van der Waals surface area (Å²) in [5, 5.41) is 0. The maximum atomic E-state index is 5.88. The lowest BCUT2D eigenvalue weighted by Crippen LogP contribution is -2.19. The minimum atomic E-state index is 0.250. The molecule has 1 aromatic rings. The zero-order valence-corrected chi connectivity index (χ0v) is 10.6. The molecule has 0 aromatic heterocycles. The number of nitrogens with two attached hydrogens (primary N) is 1. The predicted molar refractivity (Wildman–Crippen MR) is 70.1 cm³/mol. The summed E-state index contributed by atoms with van der Waals surface area (Å²) in [5.74, 6) is 0. The molecule has 1 aliphatic heterocycles. The lowest BCUT2D eigenvalue weighted by atomic mass is 9.96.